The summed E-state index contributed by atoms with van der Waals surface area (Å²) >= 11 is 0. The fraction of sp³-hybridized carbons (Fsp3) is 0.481. The van der Waals surface area contributed by atoms with E-state index in [1.165, 1.54) is 0 Å². The Bertz CT molecular complexity index is 1000. The van der Waals surface area contributed by atoms with Gasteiger partial charge in [0.25, 0.3) is 0 Å². The molecule has 2 aromatic carbocycles. The van der Waals surface area contributed by atoms with Gasteiger partial charge in [0.1, 0.15) is 0 Å². The minimum atomic E-state index is -0.419. The minimum absolute atomic E-state index is 0.139. The summed E-state index contributed by atoms with van der Waals surface area (Å²) in [7, 11) is 3.25. The zero-order chi connectivity index (χ0) is 24.1. The van der Waals surface area contributed by atoms with Crippen molar-refractivity contribution in [1.29, 1.82) is 0 Å². The molecular formula is C27H35N3O4. The third-order valence-electron chi connectivity index (χ3n) is 7.12. The molecule has 0 bridgehead atoms. The number of nitrogens with zero attached hydrogens (tertiary/aromatic N) is 2. The van der Waals surface area contributed by atoms with Gasteiger partial charge < -0.3 is 19.3 Å². The van der Waals surface area contributed by atoms with Gasteiger partial charge >= 0.3 is 0 Å². The molecule has 2 aliphatic rings. The molecule has 2 saturated heterocycles. The molecule has 0 unspecified atom stereocenters. The van der Waals surface area contributed by atoms with Crippen LogP contribution in [-0.4, -0.2) is 67.2 Å². The van der Waals surface area contributed by atoms with Gasteiger partial charge in [0, 0.05) is 38.9 Å². The van der Waals surface area contributed by atoms with Crippen molar-refractivity contribution >= 4 is 11.8 Å². The molecular weight excluding hydrogens is 430 g/mol. The Labute approximate surface area is 202 Å². The van der Waals surface area contributed by atoms with E-state index in [4.69, 9.17) is 9.47 Å². The summed E-state index contributed by atoms with van der Waals surface area (Å²) in [5.74, 6) is 1.70. The molecule has 4 rings (SSSR count). The standard InChI is InChI=1S/C27H35N3O4/c1-4-25(31)29-16-13-27(14-17-29)28-22(18-20-8-6-5-7-9-20)26(32)30(27)15-12-21-10-11-23(33-2)24(19-21)34-3/h5-11,19,22,28H,4,12-18H2,1-3H3/t22-/m0/s1. The van der Waals surface area contributed by atoms with Gasteiger partial charge in [-0.15, -0.1) is 0 Å². The minimum Gasteiger partial charge on any atom is -0.493 e. The number of hydrogen-bond donors (Lipinski definition) is 1. The second kappa shape index (κ2) is 10.5. The zero-order valence-corrected chi connectivity index (χ0v) is 20.4. The van der Waals surface area contributed by atoms with Gasteiger partial charge in [-0.25, -0.2) is 0 Å². The first-order valence-corrected chi connectivity index (χ1v) is 12.1. The normalized spacial score (nSPS) is 19.5. The lowest BCUT2D eigenvalue weighted by Gasteiger charge is -2.44. The Hall–Kier alpha value is -3.06. The van der Waals surface area contributed by atoms with Crippen LogP contribution in [0.4, 0.5) is 0 Å². The Morgan fingerprint density at radius 3 is 2.38 bits per heavy atom. The molecule has 7 heteroatoms. The van der Waals surface area contributed by atoms with E-state index in [0.717, 1.165) is 24.0 Å². The number of benzene rings is 2. The molecule has 34 heavy (non-hydrogen) atoms. The van der Waals surface area contributed by atoms with E-state index in [9.17, 15) is 9.59 Å². The molecule has 182 valence electrons. The number of likely N-dealkylation sites (tertiary alicyclic amines) is 1. The molecule has 0 aromatic heterocycles. The topological polar surface area (TPSA) is 71.1 Å². The SMILES string of the molecule is CCC(=O)N1CCC2(CC1)N[C@@H](Cc1ccccc1)C(=O)N2CCc1ccc(OC)c(OC)c1. The number of amides is 2. The van der Waals surface area contributed by atoms with Crippen LogP contribution in [0.25, 0.3) is 0 Å². The number of hydrogen-bond acceptors (Lipinski definition) is 5. The van der Waals surface area contributed by atoms with Gasteiger partial charge in [0.15, 0.2) is 11.5 Å². The molecule has 7 nitrogen and oxygen atoms in total. The highest BCUT2D eigenvalue weighted by molar-refractivity contribution is 5.85. The van der Waals surface area contributed by atoms with Crippen LogP contribution in [0.2, 0.25) is 0 Å². The lowest BCUT2D eigenvalue weighted by molar-refractivity contribution is -0.136. The summed E-state index contributed by atoms with van der Waals surface area (Å²) in [5, 5.41) is 3.70. The van der Waals surface area contributed by atoms with Crippen molar-refractivity contribution in [2.24, 2.45) is 0 Å². The summed E-state index contributed by atoms with van der Waals surface area (Å²) in [6, 6.07) is 15.8. The number of rotatable bonds is 8. The highest BCUT2D eigenvalue weighted by atomic mass is 16.5. The van der Waals surface area contributed by atoms with Crippen molar-refractivity contribution in [2.45, 2.75) is 50.7 Å². The zero-order valence-electron chi connectivity index (χ0n) is 20.4. The molecule has 0 saturated carbocycles. The lowest BCUT2D eigenvalue weighted by Crippen LogP contribution is -2.59. The molecule has 1 N–H and O–H groups in total. The van der Waals surface area contributed by atoms with Gasteiger partial charge in [-0.2, -0.15) is 0 Å². The van der Waals surface area contributed by atoms with E-state index >= 15 is 0 Å². The molecule has 2 aromatic rings. The maximum Gasteiger partial charge on any atom is 0.241 e. The average molecular weight is 466 g/mol. The Morgan fingerprint density at radius 1 is 1.03 bits per heavy atom. The Morgan fingerprint density at radius 2 is 1.74 bits per heavy atom. The highest BCUT2D eigenvalue weighted by Crippen LogP contribution is 2.34. The number of piperidine rings is 1. The molecule has 2 amide bonds. The fourth-order valence-corrected chi connectivity index (χ4v) is 5.22. The number of methoxy groups -OCH3 is 2. The van der Waals surface area contributed by atoms with Crippen LogP contribution in [0.1, 0.15) is 37.3 Å². The number of nitrogens with one attached hydrogen (secondary N) is 1. The van der Waals surface area contributed by atoms with Crippen LogP contribution in [0.5, 0.6) is 11.5 Å². The monoisotopic (exact) mass is 465 g/mol. The molecule has 1 atom stereocenters. The van der Waals surface area contributed by atoms with Crippen molar-refractivity contribution in [3.8, 4) is 11.5 Å². The Balaban J connectivity index is 1.53. The van der Waals surface area contributed by atoms with E-state index in [-0.39, 0.29) is 17.9 Å². The van der Waals surface area contributed by atoms with Gasteiger partial charge in [-0.1, -0.05) is 43.3 Å². The maximum atomic E-state index is 13.6. The molecule has 2 heterocycles. The number of carbonyl (C=O) groups is 2. The smallest absolute Gasteiger partial charge is 0.241 e. The van der Waals surface area contributed by atoms with Crippen LogP contribution in [0, 0.1) is 0 Å². The van der Waals surface area contributed by atoms with Crippen LogP contribution in [0.15, 0.2) is 48.5 Å². The molecule has 0 radical (unpaired) electrons. The van der Waals surface area contributed by atoms with E-state index < -0.39 is 5.66 Å². The maximum absolute atomic E-state index is 13.6. The number of ether oxygens (including phenoxy) is 2. The third-order valence-corrected chi connectivity index (χ3v) is 7.12. The first-order chi connectivity index (χ1) is 16.5. The van der Waals surface area contributed by atoms with Crippen molar-refractivity contribution in [1.82, 2.24) is 15.1 Å². The summed E-state index contributed by atoms with van der Waals surface area (Å²) in [6.07, 6.45) is 3.36. The second-order valence-corrected chi connectivity index (χ2v) is 9.08. The van der Waals surface area contributed by atoms with E-state index in [2.05, 4.69) is 17.4 Å². The fourth-order valence-electron chi connectivity index (χ4n) is 5.22. The quantitative estimate of drug-likeness (QED) is 0.649. The third kappa shape index (κ3) is 4.89. The second-order valence-electron chi connectivity index (χ2n) is 9.08. The van der Waals surface area contributed by atoms with Crippen LogP contribution in [-0.2, 0) is 22.4 Å². The summed E-state index contributed by atoms with van der Waals surface area (Å²) < 4.78 is 10.8. The van der Waals surface area contributed by atoms with E-state index in [1.807, 2.05) is 53.1 Å². The molecule has 0 aliphatic carbocycles. The molecule has 2 fully saturated rings. The van der Waals surface area contributed by atoms with Crippen molar-refractivity contribution < 1.29 is 19.1 Å². The van der Waals surface area contributed by atoms with Crippen LogP contribution < -0.4 is 14.8 Å². The predicted molar refractivity (Wildman–Crippen MR) is 131 cm³/mol. The summed E-state index contributed by atoms with van der Waals surface area (Å²) in [4.78, 5) is 29.8. The van der Waals surface area contributed by atoms with Crippen molar-refractivity contribution in [2.75, 3.05) is 33.9 Å². The number of carbonyl (C=O) groups excluding carboxylic acids is 2. The van der Waals surface area contributed by atoms with Gasteiger partial charge in [0.05, 0.1) is 25.9 Å². The van der Waals surface area contributed by atoms with Crippen molar-refractivity contribution in [3.63, 3.8) is 0 Å². The first-order valence-electron chi connectivity index (χ1n) is 12.1. The van der Waals surface area contributed by atoms with E-state index in [0.29, 0.717) is 50.4 Å². The molecule has 1 spiro atoms. The van der Waals surface area contributed by atoms with E-state index in [1.54, 1.807) is 14.2 Å². The molecule has 2 aliphatic heterocycles. The predicted octanol–water partition coefficient (Wildman–Crippen LogP) is 3.02. The van der Waals surface area contributed by atoms with Crippen LogP contribution >= 0.6 is 0 Å². The highest BCUT2D eigenvalue weighted by Gasteiger charge is 2.51. The summed E-state index contributed by atoms with van der Waals surface area (Å²) in [6.45, 7) is 3.83. The van der Waals surface area contributed by atoms with Crippen molar-refractivity contribution in [3.05, 3.63) is 59.7 Å². The summed E-state index contributed by atoms with van der Waals surface area (Å²) in [5.41, 5.74) is 1.81. The lowest BCUT2D eigenvalue weighted by atomic mass is 9.95. The largest absolute Gasteiger partial charge is 0.493 e. The van der Waals surface area contributed by atoms with Gasteiger partial charge in [0.2, 0.25) is 11.8 Å². The average Bonchev–Trinajstić information content (AvgIpc) is 3.12. The van der Waals surface area contributed by atoms with Crippen LogP contribution in [0.3, 0.4) is 0 Å². The first kappa shape index (κ1) is 24.1. The Kier molecular flexibility index (Phi) is 7.41. The van der Waals surface area contributed by atoms with Gasteiger partial charge in [-0.05, 0) is 36.1 Å². The van der Waals surface area contributed by atoms with Gasteiger partial charge in [-0.3, -0.25) is 14.9 Å².